The van der Waals surface area contributed by atoms with Gasteiger partial charge in [-0.1, -0.05) is 33.6 Å². The number of esters is 2. The molecule has 0 amide bonds. The van der Waals surface area contributed by atoms with Gasteiger partial charge in [-0.05, 0) is 52.4 Å². The molecule has 0 spiro atoms. The van der Waals surface area contributed by atoms with E-state index in [0.29, 0.717) is 48.9 Å². The van der Waals surface area contributed by atoms with E-state index < -0.39 is 11.4 Å². The Hall–Kier alpha value is -1.92. The molecule has 0 bridgehead atoms. The molecular weight excluding hydrogens is 632 g/mol. The van der Waals surface area contributed by atoms with Crippen molar-refractivity contribution < 1.29 is 48.1 Å². The van der Waals surface area contributed by atoms with Crippen LogP contribution in [0.2, 0.25) is 0 Å². The molecule has 46 heavy (non-hydrogen) atoms. The fourth-order valence-corrected chi connectivity index (χ4v) is 6.18. The van der Waals surface area contributed by atoms with Gasteiger partial charge in [0.1, 0.15) is 18.2 Å². The second-order valence-corrected chi connectivity index (χ2v) is 14.6. The summed E-state index contributed by atoms with van der Waals surface area (Å²) in [4.78, 5) is 71.4. The third-order valence-corrected chi connectivity index (χ3v) is 9.85. The number of carboxylic acids is 1. The zero-order valence-electron chi connectivity index (χ0n) is 28.7. The molecule has 0 aliphatic heterocycles. The third-order valence-electron chi connectivity index (χ3n) is 7.20. The van der Waals surface area contributed by atoms with Crippen LogP contribution in [-0.2, 0) is 43.0 Å². The molecule has 0 heterocycles. The van der Waals surface area contributed by atoms with Crippen molar-refractivity contribution in [1.29, 1.82) is 0 Å². The second kappa shape index (κ2) is 27.1. The van der Waals surface area contributed by atoms with Gasteiger partial charge >= 0.3 is 17.9 Å². The number of thioether (sulfide) groups is 2. The Morgan fingerprint density at radius 3 is 2.04 bits per heavy atom. The molecule has 0 aromatic carbocycles. The van der Waals surface area contributed by atoms with Crippen molar-refractivity contribution in [2.75, 3.05) is 42.8 Å². The zero-order chi connectivity index (χ0) is 34.8. The van der Waals surface area contributed by atoms with E-state index >= 15 is 0 Å². The first-order valence-electron chi connectivity index (χ1n) is 16.7. The molecule has 2 unspecified atom stereocenters. The lowest BCUT2D eigenvalue weighted by molar-refractivity contribution is -0.149. The summed E-state index contributed by atoms with van der Waals surface area (Å²) in [6, 6.07) is 0. The van der Waals surface area contributed by atoms with E-state index in [1.165, 1.54) is 23.5 Å². The Morgan fingerprint density at radius 2 is 1.41 bits per heavy atom. The second-order valence-electron chi connectivity index (χ2n) is 12.3. The number of hydrogen-bond donors (Lipinski definition) is 1. The van der Waals surface area contributed by atoms with Crippen molar-refractivity contribution >= 4 is 58.8 Å². The molecule has 0 aromatic rings. The summed E-state index contributed by atoms with van der Waals surface area (Å²) in [5.74, 6) is -0.275. The molecule has 0 saturated carbocycles. The van der Waals surface area contributed by atoms with Gasteiger partial charge in [-0.15, -0.1) is 0 Å². The summed E-state index contributed by atoms with van der Waals surface area (Å²) in [6.07, 6.45) is 7.85. The molecule has 0 aliphatic rings. The van der Waals surface area contributed by atoms with Crippen LogP contribution in [0.1, 0.15) is 118 Å². The van der Waals surface area contributed by atoms with Crippen molar-refractivity contribution in [1.82, 2.24) is 0 Å². The van der Waals surface area contributed by atoms with Crippen LogP contribution in [0.4, 0.5) is 0 Å². The van der Waals surface area contributed by atoms with E-state index in [1.54, 1.807) is 20.8 Å². The van der Waals surface area contributed by atoms with Crippen LogP contribution < -0.4 is 0 Å². The summed E-state index contributed by atoms with van der Waals surface area (Å²) in [5.41, 5.74) is -0.855. The van der Waals surface area contributed by atoms with Gasteiger partial charge in [-0.25, -0.2) is 0 Å². The Kier molecular flexibility index (Phi) is 25.9. The van der Waals surface area contributed by atoms with Gasteiger partial charge in [-0.2, -0.15) is 23.5 Å². The first-order valence-corrected chi connectivity index (χ1v) is 19.0. The average Bonchev–Trinajstić information content (AvgIpc) is 3.01. The number of carbonyl (C=O) groups is 6. The lowest BCUT2D eigenvalue weighted by Gasteiger charge is -2.17. The number of hydrogen-bond acceptors (Lipinski definition) is 11. The van der Waals surface area contributed by atoms with Crippen molar-refractivity contribution in [2.24, 2.45) is 11.3 Å². The highest BCUT2D eigenvalue weighted by molar-refractivity contribution is 7.99. The molecule has 1 N–H and O–H groups in total. The molecule has 0 radical (unpaired) electrons. The van der Waals surface area contributed by atoms with Crippen LogP contribution in [0.25, 0.3) is 0 Å². The molecular formula is C34H58O10S2. The van der Waals surface area contributed by atoms with Crippen LogP contribution in [-0.4, -0.2) is 89.3 Å². The zero-order valence-corrected chi connectivity index (χ0v) is 30.4. The van der Waals surface area contributed by atoms with E-state index in [4.69, 9.17) is 19.3 Å². The normalized spacial score (nSPS) is 12.7. The lowest BCUT2D eigenvalue weighted by atomic mass is 9.97. The third kappa shape index (κ3) is 24.3. The monoisotopic (exact) mass is 690 g/mol. The SMILES string of the molecule is CCCCC(CC)OCC(=O)CCCCCOC(=O)CCCOC(=O)C(C)CSCCC(=O)CC(=O)CCSCC(C)(C)C(=O)O. The largest absolute Gasteiger partial charge is 0.481 e. The highest BCUT2D eigenvalue weighted by Gasteiger charge is 2.26. The predicted molar refractivity (Wildman–Crippen MR) is 183 cm³/mol. The number of aliphatic carboxylic acids is 1. The van der Waals surface area contributed by atoms with Crippen LogP contribution in [0, 0.1) is 11.3 Å². The summed E-state index contributed by atoms with van der Waals surface area (Å²) >= 11 is 2.84. The first kappa shape index (κ1) is 44.1. The van der Waals surface area contributed by atoms with Crippen molar-refractivity contribution in [3.05, 3.63) is 0 Å². The van der Waals surface area contributed by atoms with Gasteiger partial charge in [0.05, 0.1) is 37.1 Å². The quantitative estimate of drug-likeness (QED) is 0.0481. The van der Waals surface area contributed by atoms with E-state index in [2.05, 4.69) is 13.8 Å². The molecule has 10 nitrogen and oxygen atoms in total. The van der Waals surface area contributed by atoms with Gasteiger partial charge in [0.2, 0.25) is 0 Å². The van der Waals surface area contributed by atoms with Crippen molar-refractivity contribution in [3.63, 3.8) is 0 Å². The number of unbranched alkanes of at least 4 members (excludes halogenated alkanes) is 3. The molecule has 0 saturated heterocycles. The summed E-state index contributed by atoms with van der Waals surface area (Å²) in [5, 5.41) is 9.11. The van der Waals surface area contributed by atoms with E-state index in [0.717, 1.165) is 38.5 Å². The number of Topliss-reactive ketones (excluding diaryl/α,β-unsaturated/α-hetero) is 3. The minimum absolute atomic E-state index is 0.108. The Balaban J connectivity index is 3.80. The maximum absolute atomic E-state index is 12.2. The smallest absolute Gasteiger partial charge is 0.309 e. The maximum atomic E-state index is 12.2. The molecule has 0 aromatic heterocycles. The molecule has 12 heteroatoms. The van der Waals surface area contributed by atoms with Gasteiger partial charge in [0, 0.05) is 48.7 Å². The molecule has 2 atom stereocenters. The Morgan fingerprint density at radius 1 is 0.761 bits per heavy atom. The minimum Gasteiger partial charge on any atom is -0.481 e. The predicted octanol–water partition coefficient (Wildman–Crippen LogP) is 6.49. The van der Waals surface area contributed by atoms with Crippen molar-refractivity contribution in [2.45, 2.75) is 124 Å². The molecule has 0 fully saturated rings. The van der Waals surface area contributed by atoms with Gasteiger partial charge < -0.3 is 19.3 Å². The fraction of sp³-hybridized carbons (Fsp3) is 0.824. The number of rotatable bonds is 31. The maximum Gasteiger partial charge on any atom is 0.309 e. The van der Waals surface area contributed by atoms with Crippen LogP contribution >= 0.6 is 23.5 Å². The molecule has 0 rings (SSSR count). The van der Waals surface area contributed by atoms with Crippen molar-refractivity contribution in [3.8, 4) is 0 Å². The van der Waals surface area contributed by atoms with E-state index in [1.807, 2.05) is 0 Å². The van der Waals surface area contributed by atoms with Crippen LogP contribution in [0.5, 0.6) is 0 Å². The average molecular weight is 691 g/mol. The number of carbonyl (C=O) groups excluding carboxylic acids is 5. The van der Waals surface area contributed by atoms with E-state index in [-0.39, 0.29) is 80.2 Å². The van der Waals surface area contributed by atoms with Gasteiger partial charge in [0.25, 0.3) is 0 Å². The Labute approximate surface area is 284 Å². The van der Waals surface area contributed by atoms with Gasteiger partial charge in [-0.3, -0.25) is 28.8 Å². The summed E-state index contributed by atoms with van der Waals surface area (Å²) in [7, 11) is 0. The summed E-state index contributed by atoms with van der Waals surface area (Å²) < 4.78 is 16.2. The van der Waals surface area contributed by atoms with Crippen LogP contribution in [0.15, 0.2) is 0 Å². The highest BCUT2D eigenvalue weighted by atomic mass is 32.2. The fourth-order valence-electron chi connectivity index (χ4n) is 4.00. The molecule has 0 aliphatic carbocycles. The number of ketones is 3. The summed E-state index contributed by atoms with van der Waals surface area (Å²) in [6.45, 7) is 9.82. The molecule has 266 valence electrons. The van der Waals surface area contributed by atoms with E-state index in [9.17, 15) is 28.8 Å². The van der Waals surface area contributed by atoms with Crippen LogP contribution in [0.3, 0.4) is 0 Å². The highest BCUT2D eigenvalue weighted by Crippen LogP contribution is 2.22. The Bertz CT molecular complexity index is 922. The minimum atomic E-state index is -0.881. The first-order chi connectivity index (χ1) is 21.8. The number of ether oxygens (including phenoxy) is 3. The standard InChI is InChI=1S/C34H58O10S2/c1-6-8-14-30(7-2)44-23-29(37)13-10-9-11-18-42-31(38)15-12-19-43-32(39)26(3)24-45-20-16-27(35)22-28(36)17-21-46-25-34(4,5)33(40)41/h26,30H,6-25H2,1-5H3,(H,40,41). The topological polar surface area (TPSA) is 150 Å². The lowest BCUT2D eigenvalue weighted by Crippen LogP contribution is -2.26. The number of carboxylic acid groups (broad SMARTS) is 1. The van der Waals surface area contributed by atoms with Gasteiger partial charge in [0.15, 0.2) is 5.78 Å².